The van der Waals surface area contributed by atoms with Crippen molar-refractivity contribution in [1.82, 2.24) is 10.2 Å². The van der Waals surface area contributed by atoms with Crippen molar-refractivity contribution in [2.75, 3.05) is 6.61 Å². The van der Waals surface area contributed by atoms with Gasteiger partial charge in [-0.2, -0.15) is 5.10 Å². The van der Waals surface area contributed by atoms with Gasteiger partial charge in [-0.25, -0.2) is 4.99 Å². The fourth-order valence-electron chi connectivity index (χ4n) is 2.20. The highest BCUT2D eigenvalue weighted by molar-refractivity contribution is 6.06. The molecule has 1 aliphatic rings. The molecule has 6 heteroatoms. The third-order valence-electron chi connectivity index (χ3n) is 3.15. The maximum atomic E-state index is 6.02. The van der Waals surface area contributed by atoms with Crippen molar-refractivity contribution in [2.45, 2.75) is 25.5 Å². The summed E-state index contributed by atoms with van der Waals surface area (Å²) < 4.78 is 5.55. The Hall–Kier alpha value is -1.59. The van der Waals surface area contributed by atoms with Gasteiger partial charge in [0.15, 0.2) is 6.23 Å². The van der Waals surface area contributed by atoms with Crippen LogP contribution < -0.4 is 5.73 Å². The fraction of sp³-hybridized carbons (Fsp3) is 0.385. The molecule has 1 aromatic heterocycles. The van der Waals surface area contributed by atoms with E-state index in [0.29, 0.717) is 11.5 Å². The second-order valence-corrected chi connectivity index (χ2v) is 4.45. The molecule has 0 amide bonds. The van der Waals surface area contributed by atoms with Crippen LogP contribution in [0.1, 0.15) is 25.0 Å². The van der Waals surface area contributed by atoms with Crippen LogP contribution in [0.3, 0.4) is 0 Å². The normalized spacial score (nSPS) is 20.2. The zero-order valence-electron chi connectivity index (χ0n) is 10.5. The van der Waals surface area contributed by atoms with Crippen molar-refractivity contribution in [3.63, 3.8) is 0 Å². The third kappa shape index (κ3) is 2.88. The van der Waals surface area contributed by atoms with Gasteiger partial charge in [-0.15, -0.1) is 12.4 Å². The van der Waals surface area contributed by atoms with Gasteiger partial charge in [-0.05, 0) is 25.3 Å². The maximum Gasteiger partial charge on any atom is 0.150 e. The molecule has 0 saturated carbocycles. The molecule has 1 saturated heterocycles. The largest absolute Gasteiger partial charge is 0.382 e. The quantitative estimate of drug-likeness (QED) is 0.654. The van der Waals surface area contributed by atoms with E-state index in [1.807, 2.05) is 24.3 Å². The second kappa shape index (κ2) is 6.04. The summed E-state index contributed by atoms with van der Waals surface area (Å²) in [5, 5.41) is 8.17. The molecule has 0 spiro atoms. The first kappa shape index (κ1) is 13.8. The van der Waals surface area contributed by atoms with Crippen LogP contribution in [0.25, 0.3) is 10.9 Å². The number of hydrogen-bond donors (Lipinski definition) is 2. The predicted molar refractivity (Wildman–Crippen MR) is 77.7 cm³/mol. The molecular formula is C13H17ClN4O. The van der Waals surface area contributed by atoms with Crippen LogP contribution in [0.5, 0.6) is 0 Å². The number of nitrogens with zero attached hydrogens (tertiary/aromatic N) is 2. The van der Waals surface area contributed by atoms with E-state index in [1.165, 1.54) is 0 Å². The van der Waals surface area contributed by atoms with E-state index in [-0.39, 0.29) is 18.6 Å². The molecule has 2 aromatic rings. The molecule has 19 heavy (non-hydrogen) atoms. The number of para-hydroxylation sites is 1. The average Bonchev–Trinajstić information content (AvgIpc) is 2.84. The fourth-order valence-corrected chi connectivity index (χ4v) is 2.20. The van der Waals surface area contributed by atoms with E-state index in [0.717, 1.165) is 36.8 Å². The number of amidine groups is 1. The SMILES string of the molecule is Cl.NC(=NC1CCCCO1)c1n[nH]c2ccccc12. The molecular weight excluding hydrogens is 264 g/mol. The highest BCUT2D eigenvalue weighted by atomic mass is 35.5. The first-order valence-corrected chi connectivity index (χ1v) is 6.23. The van der Waals surface area contributed by atoms with Crippen molar-refractivity contribution in [3.05, 3.63) is 30.0 Å². The smallest absolute Gasteiger partial charge is 0.150 e. The number of fused-ring (bicyclic) bond motifs is 1. The Morgan fingerprint density at radius 3 is 3.00 bits per heavy atom. The average molecular weight is 281 g/mol. The number of rotatable bonds is 2. The monoisotopic (exact) mass is 280 g/mol. The molecule has 5 nitrogen and oxygen atoms in total. The van der Waals surface area contributed by atoms with Crippen LogP contribution in [-0.4, -0.2) is 28.9 Å². The van der Waals surface area contributed by atoms with Gasteiger partial charge in [-0.1, -0.05) is 18.2 Å². The molecule has 1 unspecified atom stereocenters. The number of aromatic nitrogens is 2. The molecule has 1 fully saturated rings. The number of halogens is 1. The summed E-state index contributed by atoms with van der Waals surface area (Å²) in [5.41, 5.74) is 7.70. The molecule has 1 aliphatic heterocycles. The molecule has 1 atom stereocenters. The van der Waals surface area contributed by atoms with E-state index in [4.69, 9.17) is 10.5 Å². The van der Waals surface area contributed by atoms with E-state index < -0.39 is 0 Å². The number of nitrogens with one attached hydrogen (secondary N) is 1. The van der Waals surface area contributed by atoms with E-state index in [1.54, 1.807) is 0 Å². The van der Waals surface area contributed by atoms with E-state index in [9.17, 15) is 0 Å². The summed E-state index contributed by atoms with van der Waals surface area (Å²) in [7, 11) is 0. The lowest BCUT2D eigenvalue weighted by Crippen LogP contribution is -2.23. The second-order valence-electron chi connectivity index (χ2n) is 4.45. The number of H-pyrrole nitrogens is 1. The number of aliphatic imine (C=N–C) groups is 1. The Kier molecular flexibility index (Phi) is 4.39. The van der Waals surface area contributed by atoms with Gasteiger partial charge in [0.2, 0.25) is 0 Å². The molecule has 1 aromatic carbocycles. The van der Waals surface area contributed by atoms with Crippen LogP contribution >= 0.6 is 12.4 Å². The zero-order valence-corrected chi connectivity index (χ0v) is 11.3. The Bertz CT molecular complexity index is 575. The van der Waals surface area contributed by atoms with Crippen molar-refractivity contribution in [1.29, 1.82) is 0 Å². The summed E-state index contributed by atoms with van der Waals surface area (Å²) >= 11 is 0. The molecule has 2 heterocycles. The highest BCUT2D eigenvalue weighted by Gasteiger charge is 2.15. The van der Waals surface area contributed by atoms with Crippen LogP contribution in [0.2, 0.25) is 0 Å². The standard InChI is InChI=1S/C13H16N4O.ClH/c14-13(15-11-7-3-4-8-18-11)12-9-5-1-2-6-10(9)16-17-12;/h1-2,5-6,11H,3-4,7-8H2,(H2,14,15)(H,16,17);1H. The predicted octanol–water partition coefficient (Wildman–Crippen LogP) is 2.22. The number of nitrogens with two attached hydrogens (primary N) is 1. The minimum absolute atomic E-state index is 0. The Morgan fingerprint density at radius 2 is 2.21 bits per heavy atom. The van der Waals surface area contributed by atoms with Gasteiger partial charge in [0.25, 0.3) is 0 Å². The Labute approximate surface area is 117 Å². The summed E-state index contributed by atoms with van der Waals surface area (Å²) in [5.74, 6) is 0.444. The van der Waals surface area contributed by atoms with Crippen molar-refractivity contribution in [2.24, 2.45) is 10.7 Å². The molecule has 0 radical (unpaired) electrons. The van der Waals surface area contributed by atoms with Gasteiger partial charge >= 0.3 is 0 Å². The van der Waals surface area contributed by atoms with E-state index >= 15 is 0 Å². The number of aromatic amines is 1. The number of ether oxygens (including phenoxy) is 1. The molecule has 0 bridgehead atoms. The van der Waals surface area contributed by atoms with Crippen LogP contribution in [0, 0.1) is 0 Å². The molecule has 0 aliphatic carbocycles. The highest BCUT2D eigenvalue weighted by Crippen LogP contribution is 2.17. The van der Waals surface area contributed by atoms with Crippen molar-refractivity contribution in [3.8, 4) is 0 Å². The minimum Gasteiger partial charge on any atom is -0.382 e. The van der Waals surface area contributed by atoms with Crippen LogP contribution in [0.15, 0.2) is 29.3 Å². The van der Waals surface area contributed by atoms with Crippen LogP contribution in [0.4, 0.5) is 0 Å². The van der Waals surface area contributed by atoms with Gasteiger partial charge in [0.1, 0.15) is 11.5 Å². The lowest BCUT2D eigenvalue weighted by molar-refractivity contribution is 0.0223. The first-order chi connectivity index (χ1) is 8.84. The van der Waals surface area contributed by atoms with Gasteiger partial charge in [-0.3, -0.25) is 5.10 Å². The zero-order chi connectivity index (χ0) is 12.4. The summed E-state index contributed by atoms with van der Waals surface area (Å²) in [6.45, 7) is 0.767. The topological polar surface area (TPSA) is 76.3 Å². The van der Waals surface area contributed by atoms with Gasteiger partial charge in [0.05, 0.1) is 5.52 Å². The molecule has 3 rings (SSSR count). The summed E-state index contributed by atoms with van der Waals surface area (Å²) in [4.78, 5) is 4.42. The van der Waals surface area contributed by atoms with Crippen molar-refractivity contribution >= 4 is 29.1 Å². The maximum absolute atomic E-state index is 6.02. The third-order valence-corrected chi connectivity index (χ3v) is 3.15. The lowest BCUT2D eigenvalue weighted by Gasteiger charge is -2.19. The van der Waals surface area contributed by atoms with E-state index in [2.05, 4.69) is 15.2 Å². The van der Waals surface area contributed by atoms with Crippen molar-refractivity contribution < 1.29 is 4.74 Å². The molecule has 3 N–H and O–H groups in total. The lowest BCUT2D eigenvalue weighted by atomic mass is 10.2. The van der Waals surface area contributed by atoms with Gasteiger partial charge < -0.3 is 10.5 Å². The number of hydrogen-bond acceptors (Lipinski definition) is 3. The summed E-state index contributed by atoms with van der Waals surface area (Å²) in [6, 6.07) is 7.88. The summed E-state index contributed by atoms with van der Waals surface area (Å²) in [6.07, 6.45) is 3.07. The van der Waals surface area contributed by atoms with Gasteiger partial charge in [0, 0.05) is 12.0 Å². The Balaban J connectivity index is 0.00000133. The molecule has 102 valence electrons. The first-order valence-electron chi connectivity index (χ1n) is 6.23. The minimum atomic E-state index is -0.116. The van der Waals surface area contributed by atoms with Crippen LogP contribution in [-0.2, 0) is 4.74 Å². The number of benzene rings is 1. The Morgan fingerprint density at radius 1 is 1.37 bits per heavy atom.